The molecule has 3 rings (SSSR count). The lowest BCUT2D eigenvalue weighted by molar-refractivity contribution is 0.102. The van der Waals surface area contributed by atoms with Gasteiger partial charge in [-0.3, -0.25) is 4.79 Å². The van der Waals surface area contributed by atoms with E-state index in [9.17, 15) is 13.2 Å². The number of carbonyl (C=O) groups is 1. The molecule has 3 aromatic rings. The molecule has 0 bridgehead atoms. The average molecular weight is 402 g/mol. The van der Waals surface area contributed by atoms with E-state index in [1.165, 1.54) is 23.5 Å². The molecule has 6 nitrogen and oxygen atoms in total. The third-order valence-electron chi connectivity index (χ3n) is 3.80. The number of thiazole rings is 1. The van der Waals surface area contributed by atoms with Crippen molar-refractivity contribution in [3.8, 4) is 5.75 Å². The van der Waals surface area contributed by atoms with Crippen molar-refractivity contribution in [1.29, 1.82) is 0 Å². The largest absolute Gasteiger partial charge is 0.487 e. The molecule has 0 aliphatic heterocycles. The van der Waals surface area contributed by atoms with Gasteiger partial charge in [-0.2, -0.15) is 0 Å². The summed E-state index contributed by atoms with van der Waals surface area (Å²) in [6.45, 7) is 1.91. The summed E-state index contributed by atoms with van der Waals surface area (Å²) in [7, 11) is -3.33. The van der Waals surface area contributed by atoms with Crippen molar-refractivity contribution in [2.75, 3.05) is 11.1 Å². The molecule has 0 fully saturated rings. The first-order valence-corrected chi connectivity index (χ1v) is 10.8. The van der Waals surface area contributed by atoms with Crippen molar-refractivity contribution < 1.29 is 17.9 Å². The van der Waals surface area contributed by atoms with Crippen molar-refractivity contribution in [2.24, 2.45) is 0 Å². The molecule has 8 heteroatoms. The lowest BCUT2D eigenvalue weighted by atomic mass is 10.2. The van der Waals surface area contributed by atoms with Gasteiger partial charge in [-0.25, -0.2) is 13.4 Å². The fraction of sp³-hybridized carbons (Fsp3) is 0.158. The van der Waals surface area contributed by atoms with Crippen LogP contribution in [-0.2, 0) is 16.4 Å². The number of nitrogens with one attached hydrogen (secondary N) is 1. The van der Waals surface area contributed by atoms with E-state index in [0.29, 0.717) is 23.6 Å². The second-order valence-corrected chi connectivity index (χ2v) is 8.68. The summed E-state index contributed by atoms with van der Waals surface area (Å²) in [4.78, 5) is 16.8. The third kappa shape index (κ3) is 4.93. The first-order chi connectivity index (χ1) is 13.0. The fourth-order valence-corrected chi connectivity index (χ4v) is 3.80. The second-order valence-electron chi connectivity index (χ2n) is 5.68. The Bertz CT molecular complexity index is 1030. The minimum absolute atomic E-state index is 0.00275. The number of carbonyl (C=O) groups excluding carboxylic acids is 1. The summed E-state index contributed by atoms with van der Waals surface area (Å²) < 4.78 is 29.6. The highest BCUT2D eigenvalue weighted by molar-refractivity contribution is 7.91. The van der Waals surface area contributed by atoms with Gasteiger partial charge in [-0.15, -0.1) is 11.3 Å². The van der Waals surface area contributed by atoms with E-state index in [-0.39, 0.29) is 16.6 Å². The molecule has 1 heterocycles. The van der Waals surface area contributed by atoms with Gasteiger partial charge in [-0.1, -0.05) is 19.1 Å². The van der Waals surface area contributed by atoms with Crippen LogP contribution in [0.25, 0.3) is 0 Å². The topological polar surface area (TPSA) is 85.4 Å². The zero-order valence-electron chi connectivity index (χ0n) is 14.6. The lowest BCUT2D eigenvalue weighted by Crippen LogP contribution is -2.13. The van der Waals surface area contributed by atoms with E-state index in [0.717, 1.165) is 5.69 Å². The molecule has 0 unspecified atom stereocenters. The van der Waals surface area contributed by atoms with E-state index < -0.39 is 9.84 Å². The minimum atomic E-state index is -3.33. The summed E-state index contributed by atoms with van der Waals surface area (Å²) in [6.07, 6.45) is 0. The van der Waals surface area contributed by atoms with E-state index in [2.05, 4.69) is 10.3 Å². The zero-order valence-corrected chi connectivity index (χ0v) is 16.2. The molecule has 0 saturated carbocycles. The van der Waals surface area contributed by atoms with Gasteiger partial charge in [0.15, 0.2) is 9.84 Å². The van der Waals surface area contributed by atoms with Crippen molar-refractivity contribution in [3.05, 3.63) is 70.7 Å². The van der Waals surface area contributed by atoms with Gasteiger partial charge in [0.2, 0.25) is 0 Å². The fourth-order valence-electron chi connectivity index (χ4n) is 2.33. The zero-order chi connectivity index (χ0) is 19.3. The van der Waals surface area contributed by atoms with Gasteiger partial charge in [0.1, 0.15) is 12.4 Å². The van der Waals surface area contributed by atoms with Gasteiger partial charge in [-0.05, 0) is 36.4 Å². The van der Waals surface area contributed by atoms with Crippen LogP contribution < -0.4 is 10.1 Å². The number of rotatable bonds is 7. The van der Waals surface area contributed by atoms with Crippen LogP contribution in [0.4, 0.5) is 5.69 Å². The molecule has 0 aliphatic carbocycles. The molecule has 1 amide bonds. The molecule has 2 aromatic carbocycles. The quantitative estimate of drug-likeness (QED) is 0.650. The summed E-state index contributed by atoms with van der Waals surface area (Å²) in [5.41, 5.74) is 3.39. The maximum absolute atomic E-state index is 12.5. The molecule has 0 atom stereocenters. The Morgan fingerprint density at radius 3 is 2.74 bits per heavy atom. The Hall–Kier alpha value is -2.71. The Morgan fingerprint density at radius 2 is 2.00 bits per heavy atom. The van der Waals surface area contributed by atoms with Gasteiger partial charge in [0.25, 0.3) is 5.91 Å². The summed E-state index contributed by atoms with van der Waals surface area (Å²) in [6, 6.07) is 13.0. The van der Waals surface area contributed by atoms with Gasteiger partial charge in [0.05, 0.1) is 21.9 Å². The molecule has 0 spiro atoms. The van der Waals surface area contributed by atoms with Crippen molar-refractivity contribution in [3.63, 3.8) is 0 Å². The molecule has 0 radical (unpaired) electrons. The smallest absolute Gasteiger partial charge is 0.255 e. The van der Waals surface area contributed by atoms with Crippen LogP contribution in [-0.4, -0.2) is 25.1 Å². The van der Waals surface area contributed by atoms with Crippen LogP contribution in [0, 0.1) is 0 Å². The Morgan fingerprint density at radius 1 is 1.19 bits per heavy atom. The first kappa shape index (κ1) is 19.1. The average Bonchev–Trinajstić information content (AvgIpc) is 3.20. The third-order valence-corrected chi connectivity index (χ3v) is 6.17. The van der Waals surface area contributed by atoms with Gasteiger partial charge >= 0.3 is 0 Å². The molecule has 140 valence electrons. The van der Waals surface area contributed by atoms with Crippen molar-refractivity contribution >= 4 is 32.8 Å². The molecule has 27 heavy (non-hydrogen) atoms. The first-order valence-electron chi connectivity index (χ1n) is 8.22. The SMILES string of the molecule is CCS(=O)(=O)c1cccc(NC(=O)c2cccc(OCc3cscn3)c2)c1. The predicted octanol–water partition coefficient (Wildman–Crippen LogP) is 3.77. The highest BCUT2D eigenvalue weighted by Crippen LogP contribution is 2.19. The normalized spacial score (nSPS) is 11.1. The number of ether oxygens (including phenoxy) is 1. The number of anilines is 1. The summed E-state index contributed by atoms with van der Waals surface area (Å²) in [5, 5.41) is 4.62. The van der Waals surface area contributed by atoms with Gasteiger partial charge in [0, 0.05) is 16.6 Å². The van der Waals surface area contributed by atoms with Crippen LogP contribution in [0.5, 0.6) is 5.75 Å². The van der Waals surface area contributed by atoms with Crippen molar-refractivity contribution in [1.82, 2.24) is 4.98 Å². The maximum Gasteiger partial charge on any atom is 0.255 e. The Labute approximate surface area is 161 Å². The minimum Gasteiger partial charge on any atom is -0.487 e. The molecule has 0 aliphatic rings. The molecular formula is C19H18N2O4S2. The number of hydrogen-bond acceptors (Lipinski definition) is 6. The maximum atomic E-state index is 12.5. The van der Waals surface area contributed by atoms with E-state index in [1.807, 2.05) is 5.38 Å². The van der Waals surface area contributed by atoms with Crippen LogP contribution in [0.2, 0.25) is 0 Å². The van der Waals surface area contributed by atoms with E-state index in [4.69, 9.17) is 4.74 Å². The van der Waals surface area contributed by atoms with E-state index >= 15 is 0 Å². The lowest BCUT2D eigenvalue weighted by Gasteiger charge is -2.09. The summed E-state index contributed by atoms with van der Waals surface area (Å²) >= 11 is 1.49. The highest BCUT2D eigenvalue weighted by Gasteiger charge is 2.13. The second kappa shape index (κ2) is 8.32. The Balaban J connectivity index is 1.71. The molecule has 1 N–H and O–H groups in total. The number of aromatic nitrogens is 1. The van der Waals surface area contributed by atoms with Crippen molar-refractivity contribution in [2.45, 2.75) is 18.4 Å². The summed E-state index contributed by atoms with van der Waals surface area (Å²) in [5.74, 6) is 0.209. The number of nitrogens with zero attached hydrogens (tertiary/aromatic N) is 1. The van der Waals surface area contributed by atoms with Crippen LogP contribution in [0.1, 0.15) is 23.0 Å². The molecule has 0 saturated heterocycles. The van der Waals surface area contributed by atoms with Crippen LogP contribution in [0.15, 0.2) is 64.3 Å². The van der Waals surface area contributed by atoms with Gasteiger partial charge < -0.3 is 10.1 Å². The van der Waals surface area contributed by atoms with Crippen LogP contribution in [0.3, 0.4) is 0 Å². The monoisotopic (exact) mass is 402 g/mol. The predicted molar refractivity (Wildman–Crippen MR) is 105 cm³/mol. The molecular weight excluding hydrogens is 384 g/mol. The number of sulfone groups is 1. The highest BCUT2D eigenvalue weighted by atomic mass is 32.2. The molecule has 1 aromatic heterocycles. The number of benzene rings is 2. The van der Waals surface area contributed by atoms with E-state index in [1.54, 1.807) is 48.8 Å². The standard InChI is InChI=1S/C19H18N2O4S2/c1-2-27(23,24)18-8-4-6-15(10-18)21-19(22)14-5-3-7-17(9-14)25-11-16-12-26-13-20-16/h3-10,12-13H,2,11H2,1H3,(H,21,22). The Kier molecular flexibility index (Phi) is 5.88. The number of amides is 1. The number of hydrogen-bond donors (Lipinski definition) is 1. The van der Waals surface area contributed by atoms with Crippen LogP contribution >= 0.6 is 11.3 Å².